The molecule has 170 valence electrons. The Morgan fingerprint density at radius 3 is 2.41 bits per heavy atom. The second-order valence-electron chi connectivity index (χ2n) is 8.95. The van der Waals surface area contributed by atoms with Crippen LogP contribution in [0.3, 0.4) is 0 Å². The van der Waals surface area contributed by atoms with Crippen molar-refractivity contribution in [1.29, 1.82) is 0 Å². The van der Waals surface area contributed by atoms with Crippen molar-refractivity contribution in [2.75, 3.05) is 35.0 Å². The van der Waals surface area contributed by atoms with Crippen LogP contribution in [-0.2, 0) is 10.0 Å². The molecule has 2 aromatic carbocycles. The van der Waals surface area contributed by atoms with Gasteiger partial charge in [0.25, 0.3) is 11.8 Å². The largest absolute Gasteiger partial charge is 0.338 e. The molecule has 0 saturated carbocycles. The van der Waals surface area contributed by atoms with Gasteiger partial charge in [-0.05, 0) is 55.0 Å². The average molecular weight is 456 g/mol. The Kier molecular flexibility index (Phi) is 6.24. The summed E-state index contributed by atoms with van der Waals surface area (Å²) in [6.07, 6.45) is 1.67. The van der Waals surface area contributed by atoms with Crippen molar-refractivity contribution >= 4 is 33.2 Å². The lowest BCUT2D eigenvalue weighted by atomic mass is 9.91. The van der Waals surface area contributed by atoms with Gasteiger partial charge in [-0.3, -0.25) is 13.9 Å². The number of carbonyl (C=O) groups is 2. The SMILES string of the molecule is CC1CC(C)CN(C(=O)c2ccccc2NC(=O)c2cccc(N3CCCS3(=O)=O)c2)C1. The summed E-state index contributed by atoms with van der Waals surface area (Å²) in [5.74, 6) is 0.524. The third kappa shape index (κ3) is 4.65. The summed E-state index contributed by atoms with van der Waals surface area (Å²) in [6, 6.07) is 13.6. The Morgan fingerprint density at radius 1 is 1.00 bits per heavy atom. The molecule has 2 fully saturated rings. The van der Waals surface area contributed by atoms with Gasteiger partial charge in [-0.25, -0.2) is 8.42 Å². The number of sulfonamides is 1. The van der Waals surface area contributed by atoms with Crippen LogP contribution in [0.1, 0.15) is 47.4 Å². The third-order valence-corrected chi connectivity index (χ3v) is 7.93. The first-order chi connectivity index (χ1) is 15.2. The van der Waals surface area contributed by atoms with Crippen LogP contribution in [0.5, 0.6) is 0 Å². The van der Waals surface area contributed by atoms with E-state index in [-0.39, 0.29) is 17.6 Å². The van der Waals surface area contributed by atoms with Gasteiger partial charge in [-0.2, -0.15) is 0 Å². The molecule has 2 heterocycles. The lowest BCUT2D eigenvalue weighted by Crippen LogP contribution is -2.42. The summed E-state index contributed by atoms with van der Waals surface area (Å²) in [4.78, 5) is 28.1. The number of nitrogens with zero attached hydrogens (tertiary/aromatic N) is 2. The van der Waals surface area contributed by atoms with Gasteiger partial charge in [0.15, 0.2) is 0 Å². The molecule has 2 aliphatic heterocycles. The van der Waals surface area contributed by atoms with Crippen molar-refractivity contribution in [2.45, 2.75) is 26.7 Å². The Hall–Kier alpha value is -2.87. The fourth-order valence-electron chi connectivity index (χ4n) is 4.70. The van der Waals surface area contributed by atoms with Crippen LogP contribution in [0, 0.1) is 11.8 Å². The molecule has 2 unspecified atom stereocenters. The molecule has 1 N–H and O–H groups in total. The van der Waals surface area contributed by atoms with E-state index in [1.54, 1.807) is 48.5 Å². The van der Waals surface area contributed by atoms with E-state index in [0.717, 1.165) is 6.42 Å². The number of nitrogens with one attached hydrogen (secondary N) is 1. The van der Waals surface area contributed by atoms with Gasteiger partial charge in [-0.1, -0.05) is 32.0 Å². The Morgan fingerprint density at radius 2 is 1.72 bits per heavy atom. The molecule has 0 bridgehead atoms. The first-order valence-electron chi connectivity index (χ1n) is 11.0. The highest BCUT2D eigenvalue weighted by atomic mass is 32.2. The normalized spacial score (nSPS) is 22.6. The number of carbonyl (C=O) groups excluding carboxylic acids is 2. The summed E-state index contributed by atoms with van der Waals surface area (Å²) in [7, 11) is -3.33. The molecule has 7 nitrogen and oxygen atoms in total. The van der Waals surface area contributed by atoms with Crippen LogP contribution in [0.4, 0.5) is 11.4 Å². The second-order valence-corrected chi connectivity index (χ2v) is 11.0. The van der Waals surface area contributed by atoms with Crippen LogP contribution in [0.15, 0.2) is 48.5 Å². The van der Waals surface area contributed by atoms with E-state index in [4.69, 9.17) is 0 Å². The Labute approximate surface area is 189 Å². The van der Waals surface area contributed by atoms with E-state index in [1.165, 1.54) is 4.31 Å². The zero-order valence-corrected chi connectivity index (χ0v) is 19.3. The van der Waals surface area contributed by atoms with Gasteiger partial charge >= 0.3 is 0 Å². The van der Waals surface area contributed by atoms with Gasteiger partial charge in [0.2, 0.25) is 10.0 Å². The molecule has 2 aromatic rings. The van der Waals surface area contributed by atoms with Crippen molar-refractivity contribution in [3.05, 3.63) is 59.7 Å². The van der Waals surface area contributed by atoms with Crippen molar-refractivity contribution in [1.82, 2.24) is 4.90 Å². The average Bonchev–Trinajstić information content (AvgIpc) is 3.12. The van der Waals surface area contributed by atoms with E-state index in [1.807, 2.05) is 4.90 Å². The van der Waals surface area contributed by atoms with Crippen LogP contribution in [0.2, 0.25) is 0 Å². The monoisotopic (exact) mass is 455 g/mol. The van der Waals surface area contributed by atoms with E-state index < -0.39 is 10.0 Å². The molecule has 2 amide bonds. The first-order valence-corrected chi connectivity index (χ1v) is 12.7. The lowest BCUT2D eigenvalue weighted by molar-refractivity contribution is 0.0624. The van der Waals surface area contributed by atoms with Gasteiger partial charge < -0.3 is 10.2 Å². The van der Waals surface area contributed by atoms with Gasteiger partial charge in [-0.15, -0.1) is 0 Å². The number of hydrogen-bond acceptors (Lipinski definition) is 4. The Bertz CT molecular complexity index is 1120. The minimum atomic E-state index is -3.33. The maximum Gasteiger partial charge on any atom is 0.255 e. The fourth-order valence-corrected chi connectivity index (χ4v) is 6.26. The molecular weight excluding hydrogens is 426 g/mol. The van der Waals surface area contributed by atoms with Gasteiger partial charge in [0.05, 0.1) is 22.7 Å². The highest BCUT2D eigenvalue weighted by molar-refractivity contribution is 7.93. The highest BCUT2D eigenvalue weighted by Crippen LogP contribution is 2.27. The Balaban J connectivity index is 1.55. The molecule has 0 spiro atoms. The van der Waals surface area contributed by atoms with Crippen LogP contribution in [0.25, 0.3) is 0 Å². The molecule has 32 heavy (non-hydrogen) atoms. The van der Waals surface area contributed by atoms with Crippen LogP contribution < -0.4 is 9.62 Å². The fraction of sp³-hybridized carbons (Fsp3) is 0.417. The van der Waals surface area contributed by atoms with Crippen molar-refractivity contribution < 1.29 is 18.0 Å². The van der Waals surface area contributed by atoms with Crippen molar-refractivity contribution in [3.63, 3.8) is 0 Å². The summed E-state index contributed by atoms with van der Waals surface area (Å²) in [5, 5.41) is 2.85. The quantitative estimate of drug-likeness (QED) is 0.763. The number of piperidine rings is 1. The maximum atomic E-state index is 13.2. The maximum absolute atomic E-state index is 13.2. The first kappa shape index (κ1) is 22.3. The zero-order chi connectivity index (χ0) is 22.9. The van der Waals surface area contributed by atoms with Gasteiger partial charge in [0.1, 0.15) is 0 Å². The summed E-state index contributed by atoms with van der Waals surface area (Å²) in [5.41, 5.74) is 1.73. The summed E-state index contributed by atoms with van der Waals surface area (Å²) < 4.78 is 25.8. The predicted molar refractivity (Wildman–Crippen MR) is 125 cm³/mol. The molecule has 8 heteroatoms. The molecule has 2 atom stereocenters. The second kappa shape index (κ2) is 8.94. The minimum absolute atomic E-state index is 0.0868. The molecular formula is C24H29N3O4S. The number of rotatable bonds is 4. The van der Waals surface area contributed by atoms with E-state index in [2.05, 4.69) is 19.2 Å². The predicted octanol–water partition coefficient (Wildman–Crippen LogP) is 3.60. The molecule has 0 aromatic heterocycles. The zero-order valence-electron chi connectivity index (χ0n) is 18.5. The molecule has 4 rings (SSSR count). The van der Waals surface area contributed by atoms with Crippen molar-refractivity contribution in [3.8, 4) is 0 Å². The van der Waals surface area contributed by atoms with E-state index in [0.29, 0.717) is 60.4 Å². The van der Waals surface area contributed by atoms with E-state index >= 15 is 0 Å². The lowest BCUT2D eigenvalue weighted by Gasteiger charge is -2.35. The molecule has 0 radical (unpaired) electrons. The number of hydrogen-bond donors (Lipinski definition) is 1. The molecule has 2 saturated heterocycles. The summed E-state index contributed by atoms with van der Waals surface area (Å²) >= 11 is 0. The van der Waals surface area contributed by atoms with Crippen LogP contribution in [-0.4, -0.2) is 50.5 Å². The molecule has 0 aliphatic carbocycles. The number of amides is 2. The minimum Gasteiger partial charge on any atom is -0.338 e. The standard InChI is InChI=1S/C24H29N3O4S/c1-17-13-18(2)16-26(15-17)24(29)21-9-3-4-10-22(21)25-23(28)19-7-5-8-20(14-19)27-11-6-12-32(27,30)31/h3-5,7-10,14,17-18H,6,11-13,15-16H2,1-2H3,(H,25,28). The molecule has 2 aliphatic rings. The smallest absolute Gasteiger partial charge is 0.255 e. The third-order valence-electron chi connectivity index (χ3n) is 6.06. The highest BCUT2D eigenvalue weighted by Gasteiger charge is 2.29. The number of para-hydroxylation sites is 1. The van der Waals surface area contributed by atoms with E-state index in [9.17, 15) is 18.0 Å². The number of anilines is 2. The summed E-state index contributed by atoms with van der Waals surface area (Å²) in [6.45, 7) is 6.13. The number of benzene rings is 2. The van der Waals surface area contributed by atoms with Gasteiger partial charge in [0, 0.05) is 25.2 Å². The van der Waals surface area contributed by atoms with Crippen LogP contribution >= 0.6 is 0 Å². The number of likely N-dealkylation sites (tertiary alicyclic amines) is 1. The van der Waals surface area contributed by atoms with Crippen molar-refractivity contribution in [2.24, 2.45) is 11.8 Å². The topological polar surface area (TPSA) is 86.8 Å².